The van der Waals surface area contributed by atoms with Gasteiger partial charge in [0.05, 0.1) is 19.3 Å². The lowest BCUT2D eigenvalue weighted by Gasteiger charge is -2.24. The van der Waals surface area contributed by atoms with Gasteiger partial charge in [0, 0.05) is 17.7 Å². The topological polar surface area (TPSA) is 63.4 Å². The Balaban J connectivity index is 1.72. The molecule has 106 valence electrons. The van der Waals surface area contributed by atoms with E-state index in [-0.39, 0.29) is 24.7 Å². The van der Waals surface area contributed by atoms with Gasteiger partial charge in [-0.25, -0.2) is 4.98 Å². The van der Waals surface area contributed by atoms with Gasteiger partial charge in [0.25, 0.3) is 0 Å². The number of rotatable bonds is 4. The van der Waals surface area contributed by atoms with Crippen molar-refractivity contribution in [1.82, 2.24) is 9.88 Å². The summed E-state index contributed by atoms with van der Waals surface area (Å²) in [5.74, 6) is 0.382. The van der Waals surface area contributed by atoms with Crippen molar-refractivity contribution in [1.29, 1.82) is 0 Å². The Labute approximate surface area is 121 Å². The molecule has 3 rings (SSSR count). The maximum atomic E-state index is 12.2. The first-order valence-electron chi connectivity index (χ1n) is 6.66. The smallest absolute Gasteiger partial charge is 0.223 e. The molecule has 0 fully saturated rings. The van der Waals surface area contributed by atoms with Gasteiger partial charge >= 0.3 is 0 Å². The van der Waals surface area contributed by atoms with Crippen molar-refractivity contribution in [2.24, 2.45) is 0 Å². The fourth-order valence-corrected chi connectivity index (χ4v) is 2.34. The summed E-state index contributed by atoms with van der Waals surface area (Å²) in [6, 6.07) is 9.07. The van der Waals surface area contributed by atoms with Gasteiger partial charge in [0.1, 0.15) is 6.26 Å². The molecule has 0 amide bonds. The zero-order valence-electron chi connectivity index (χ0n) is 11.4. The Morgan fingerprint density at radius 1 is 1.24 bits per heavy atom. The highest BCUT2D eigenvalue weighted by Crippen LogP contribution is 2.18. The number of nitrogens with zero attached hydrogens (tertiary/aromatic N) is 2. The lowest BCUT2D eigenvalue weighted by atomic mass is 10.1. The second-order valence-electron chi connectivity index (χ2n) is 4.91. The van der Waals surface area contributed by atoms with E-state index in [2.05, 4.69) is 4.98 Å². The van der Waals surface area contributed by atoms with Crippen molar-refractivity contribution in [3.63, 3.8) is 0 Å². The van der Waals surface area contributed by atoms with E-state index >= 15 is 0 Å². The average Bonchev–Trinajstić information content (AvgIpc) is 3.02. The van der Waals surface area contributed by atoms with E-state index in [1.54, 1.807) is 17.0 Å². The maximum Gasteiger partial charge on any atom is 0.223 e. The van der Waals surface area contributed by atoms with Crippen LogP contribution in [0.1, 0.15) is 16.2 Å². The molecule has 1 aliphatic rings. The van der Waals surface area contributed by atoms with Crippen LogP contribution < -0.4 is 0 Å². The minimum atomic E-state index is -0.0460. The van der Waals surface area contributed by atoms with Gasteiger partial charge in [0.15, 0.2) is 11.6 Å². The monoisotopic (exact) mass is 282 g/mol. The molecule has 0 spiro atoms. The van der Waals surface area contributed by atoms with E-state index in [4.69, 9.17) is 4.42 Å². The Morgan fingerprint density at radius 3 is 2.76 bits per heavy atom. The molecule has 0 radical (unpaired) electrons. The van der Waals surface area contributed by atoms with E-state index in [0.29, 0.717) is 23.6 Å². The van der Waals surface area contributed by atoms with Crippen LogP contribution in [0.5, 0.6) is 0 Å². The van der Waals surface area contributed by atoms with Crippen molar-refractivity contribution in [2.75, 3.05) is 19.6 Å². The van der Waals surface area contributed by atoms with E-state index in [0.717, 1.165) is 0 Å². The van der Waals surface area contributed by atoms with E-state index in [1.807, 2.05) is 18.2 Å². The SMILES string of the molecule is O=C1C=C(c2ncco2)CN(CC(=O)c2ccccc2)C1. The standard InChI is InChI=1S/C16H14N2O3/c19-14-8-13(16-17-6-7-21-16)9-18(10-14)11-15(20)12-4-2-1-3-5-12/h1-8H,9-11H2. The van der Waals surface area contributed by atoms with Crippen molar-refractivity contribution in [3.05, 3.63) is 60.3 Å². The van der Waals surface area contributed by atoms with Crippen molar-refractivity contribution in [2.45, 2.75) is 0 Å². The molecule has 0 unspecified atom stereocenters. The van der Waals surface area contributed by atoms with Gasteiger partial charge in [-0.3, -0.25) is 14.5 Å². The molecule has 0 bridgehead atoms. The average molecular weight is 282 g/mol. The van der Waals surface area contributed by atoms with Crippen LogP contribution >= 0.6 is 0 Å². The molecule has 0 aliphatic carbocycles. The van der Waals surface area contributed by atoms with Crippen molar-refractivity contribution < 1.29 is 14.0 Å². The van der Waals surface area contributed by atoms with Crippen LogP contribution in [0.3, 0.4) is 0 Å². The second-order valence-corrected chi connectivity index (χ2v) is 4.91. The van der Waals surface area contributed by atoms with Crippen LogP contribution in [-0.2, 0) is 4.79 Å². The van der Waals surface area contributed by atoms with Gasteiger partial charge in [-0.2, -0.15) is 0 Å². The fourth-order valence-electron chi connectivity index (χ4n) is 2.34. The van der Waals surface area contributed by atoms with Gasteiger partial charge < -0.3 is 4.42 Å². The summed E-state index contributed by atoms with van der Waals surface area (Å²) in [6.07, 6.45) is 4.54. The molecule has 0 atom stereocenters. The number of Topliss-reactive ketones (excluding diaryl/α,β-unsaturated/α-hetero) is 1. The minimum absolute atomic E-state index is 0.00273. The fraction of sp³-hybridized carbons (Fsp3) is 0.188. The molecular weight excluding hydrogens is 268 g/mol. The third-order valence-corrected chi connectivity index (χ3v) is 3.28. The molecular formula is C16H14N2O3. The second kappa shape index (κ2) is 5.85. The molecule has 21 heavy (non-hydrogen) atoms. The summed E-state index contributed by atoms with van der Waals surface area (Å²) in [6.45, 7) is 0.918. The predicted molar refractivity (Wildman–Crippen MR) is 76.7 cm³/mol. The summed E-state index contributed by atoms with van der Waals surface area (Å²) >= 11 is 0. The number of carbonyl (C=O) groups is 2. The van der Waals surface area contributed by atoms with Crippen LogP contribution in [0.2, 0.25) is 0 Å². The van der Waals surface area contributed by atoms with Crippen LogP contribution in [-0.4, -0.2) is 41.1 Å². The Kier molecular flexibility index (Phi) is 3.75. The van der Waals surface area contributed by atoms with E-state index < -0.39 is 0 Å². The van der Waals surface area contributed by atoms with Crippen LogP contribution in [0.15, 0.2) is 53.3 Å². The third kappa shape index (κ3) is 3.14. The molecule has 1 aromatic heterocycles. The molecule has 0 N–H and O–H groups in total. The largest absolute Gasteiger partial charge is 0.445 e. The Morgan fingerprint density at radius 2 is 2.05 bits per heavy atom. The quantitative estimate of drug-likeness (QED) is 0.800. The Hall–Kier alpha value is -2.53. The zero-order valence-corrected chi connectivity index (χ0v) is 11.4. The summed E-state index contributed by atoms with van der Waals surface area (Å²) in [4.78, 5) is 29.8. The summed E-state index contributed by atoms with van der Waals surface area (Å²) in [5.41, 5.74) is 1.36. The normalized spacial score (nSPS) is 15.8. The van der Waals surface area contributed by atoms with Gasteiger partial charge in [-0.15, -0.1) is 0 Å². The third-order valence-electron chi connectivity index (χ3n) is 3.28. The highest BCUT2D eigenvalue weighted by atomic mass is 16.3. The first-order chi connectivity index (χ1) is 10.2. The number of carbonyl (C=O) groups excluding carboxylic acids is 2. The molecule has 5 heteroatoms. The van der Waals surface area contributed by atoms with Gasteiger partial charge in [-0.05, 0) is 6.08 Å². The number of benzene rings is 1. The number of hydrogen-bond donors (Lipinski definition) is 0. The molecule has 1 aromatic carbocycles. The van der Waals surface area contributed by atoms with Crippen LogP contribution in [0.25, 0.3) is 5.57 Å². The van der Waals surface area contributed by atoms with Crippen molar-refractivity contribution >= 4 is 17.1 Å². The van der Waals surface area contributed by atoms with Gasteiger partial charge in [0.2, 0.25) is 5.89 Å². The highest BCUT2D eigenvalue weighted by molar-refractivity contribution is 6.01. The lowest BCUT2D eigenvalue weighted by molar-refractivity contribution is -0.115. The summed E-state index contributed by atoms with van der Waals surface area (Å²) in [5, 5.41) is 0. The predicted octanol–water partition coefficient (Wildman–Crippen LogP) is 1.83. The molecule has 2 heterocycles. The summed E-state index contributed by atoms with van der Waals surface area (Å²) in [7, 11) is 0. The van der Waals surface area contributed by atoms with Crippen molar-refractivity contribution in [3.8, 4) is 0 Å². The number of ketones is 2. The zero-order chi connectivity index (χ0) is 14.7. The highest BCUT2D eigenvalue weighted by Gasteiger charge is 2.23. The number of oxazole rings is 1. The van der Waals surface area contributed by atoms with Crippen LogP contribution in [0.4, 0.5) is 0 Å². The van der Waals surface area contributed by atoms with Crippen LogP contribution in [0, 0.1) is 0 Å². The minimum Gasteiger partial charge on any atom is -0.445 e. The molecule has 2 aromatic rings. The molecule has 5 nitrogen and oxygen atoms in total. The molecule has 0 saturated carbocycles. The summed E-state index contributed by atoms with van der Waals surface area (Å²) < 4.78 is 5.22. The van der Waals surface area contributed by atoms with E-state index in [9.17, 15) is 9.59 Å². The van der Waals surface area contributed by atoms with E-state index in [1.165, 1.54) is 18.5 Å². The molecule has 0 saturated heterocycles. The first-order valence-corrected chi connectivity index (χ1v) is 6.66. The maximum absolute atomic E-state index is 12.2. The lowest BCUT2D eigenvalue weighted by Crippen LogP contribution is -2.38. The number of hydrogen-bond acceptors (Lipinski definition) is 5. The molecule has 1 aliphatic heterocycles. The first kappa shape index (κ1) is 13.5. The number of aromatic nitrogens is 1. The van der Waals surface area contributed by atoms with Gasteiger partial charge in [-0.1, -0.05) is 30.3 Å². The Bertz CT molecular complexity index is 675.